The molecule has 290 valence electrons. The molecule has 4 heteroatoms. The molecule has 0 radical (unpaired) electrons. The van der Waals surface area contributed by atoms with Crippen LogP contribution in [-0.4, -0.2) is 0 Å². The maximum Gasteiger partial charge on any atom is 0.178 e. The van der Waals surface area contributed by atoms with Gasteiger partial charge in [0, 0.05) is 66.4 Å². The van der Waals surface area contributed by atoms with Crippen LogP contribution in [0.5, 0.6) is 0 Å². The van der Waals surface area contributed by atoms with Crippen LogP contribution in [0.3, 0.4) is 0 Å². The van der Waals surface area contributed by atoms with Gasteiger partial charge in [-0.1, -0.05) is 59.7 Å². The van der Waals surface area contributed by atoms with E-state index in [-0.39, 0.29) is 0 Å². The zero-order chi connectivity index (χ0) is 40.8. The quantitative estimate of drug-likeness (QED) is 0.168. The van der Waals surface area contributed by atoms with Gasteiger partial charge in [-0.15, -0.1) is 0 Å². The van der Waals surface area contributed by atoms with E-state index in [1.807, 2.05) is 0 Å². The molecule has 0 saturated carbocycles. The van der Waals surface area contributed by atoms with Crippen LogP contribution in [0, 0.1) is 41.5 Å². The van der Waals surface area contributed by atoms with E-state index < -0.39 is 0 Å². The molecule has 0 amide bonds. The Morgan fingerprint density at radius 2 is 0.583 bits per heavy atom. The van der Waals surface area contributed by atoms with Gasteiger partial charge in [-0.25, -0.2) is 0 Å². The number of hydrogen-bond donors (Lipinski definition) is 0. The molecule has 60 heavy (non-hydrogen) atoms. The van der Waals surface area contributed by atoms with Crippen molar-refractivity contribution in [3.05, 3.63) is 191 Å². The minimum atomic E-state index is 0.775. The molecule has 0 aliphatic rings. The number of anilines is 6. The third-order valence-corrected chi connectivity index (χ3v) is 12.6. The summed E-state index contributed by atoms with van der Waals surface area (Å²) in [6.07, 6.45) is 0. The van der Waals surface area contributed by atoms with Crippen LogP contribution >= 0.6 is 0 Å². The van der Waals surface area contributed by atoms with E-state index in [0.29, 0.717) is 0 Å². The smallest absolute Gasteiger partial charge is 0.178 e. The highest BCUT2D eigenvalue weighted by atomic mass is 16.4. The van der Waals surface area contributed by atoms with Crippen molar-refractivity contribution in [2.75, 3.05) is 9.80 Å². The molecule has 0 N–H and O–H groups in total. The number of benzene rings is 9. The molecule has 11 aromatic rings. The summed E-state index contributed by atoms with van der Waals surface area (Å²) in [4.78, 5) is 4.67. The number of furan rings is 2. The third kappa shape index (κ3) is 5.74. The summed E-state index contributed by atoms with van der Waals surface area (Å²) in [5.41, 5.74) is 17.5. The van der Waals surface area contributed by atoms with Gasteiger partial charge < -0.3 is 18.6 Å². The zero-order valence-corrected chi connectivity index (χ0v) is 34.7. The Morgan fingerprint density at radius 1 is 0.267 bits per heavy atom. The van der Waals surface area contributed by atoms with E-state index in [0.717, 1.165) is 99.5 Å². The summed E-state index contributed by atoms with van der Waals surface area (Å²) in [5.74, 6) is 0. The Morgan fingerprint density at radius 3 is 0.983 bits per heavy atom. The fourth-order valence-corrected chi connectivity index (χ4v) is 8.90. The molecule has 2 aromatic heterocycles. The van der Waals surface area contributed by atoms with Crippen molar-refractivity contribution in [2.24, 2.45) is 0 Å². The van der Waals surface area contributed by atoms with Crippen molar-refractivity contribution in [3.8, 4) is 0 Å². The molecular weight excluding hydrogens is 733 g/mol. The predicted octanol–water partition coefficient (Wildman–Crippen LogP) is 16.6. The second-order valence-electron chi connectivity index (χ2n) is 16.6. The lowest BCUT2D eigenvalue weighted by atomic mass is 10.0. The summed E-state index contributed by atoms with van der Waals surface area (Å²) in [6.45, 7) is 12.9. The largest absolute Gasteiger partial charge is 0.451 e. The molecule has 0 spiro atoms. The first-order chi connectivity index (χ1) is 29.2. The van der Waals surface area contributed by atoms with Gasteiger partial charge >= 0.3 is 0 Å². The first kappa shape index (κ1) is 35.8. The Balaban J connectivity index is 1.03. The monoisotopic (exact) mass is 776 g/mol. The van der Waals surface area contributed by atoms with Crippen LogP contribution in [0.15, 0.2) is 167 Å². The van der Waals surface area contributed by atoms with Crippen LogP contribution in [0.2, 0.25) is 0 Å². The van der Waals surface area contributed by atoms with Gasteiger partial charge in [0.05, 0.1) is 0 Å². The number of fused-ring (bicyclic) bond motifs is 11. The average Bonchev–Trinajstić information content (AvgIpc) is 3.84. The van der Waals surface area contributed by atoms with Crippen molar-refractivity contribution in [1.82, 2.24) is 0 Å². The minimum absolute atomic E-state index is 0.775. The maximum atomic E-state index is 6.89. The van der Waals surface area contributed by atoms with E-state index in [1.54, 1.807) is 0 Å². The minimum Gasteiger partial charge on any atom is -0.451 e. The van der Waals surface area contributed by atoms with Crippen molar-refractivity contribution in [2.45, 2.75) is 41.5 Å². The van der Waals surface area contributed by atoms with Crippen molar-refractivity contribution >= 4 is 99.5 Å². The number of rotatable bonds is 6. The Labute approximate surface area is 349 Å². The van der Waals surface area contributed by atoms with Crippen molar-refractivity contribution in [1.29, 1.82) is 0 Å². The summed E-state index contributed by atoms with van der Waals surface area (Å²) in [6, 6.07) is 57.4. The van der Waals surface area contributed by atoms with E-state index in [9.17, 15) is 0 Å². The Kier molecular flexibility index (Phi) is 8.15. The Bertz CT molecular complexity index is 3260. The lowest BCUT2D eigenvalue weighted by Gasteiger charge is -2.26. The molecule has 2 heterocycles. The predicted molar refractivity (Wildman–Crippen MR) is 254 cm³/mol. The summed E-state index contributed by atoms with van der Waals surface area (Å²) in [7, 11) is 0. The van der Waals surface area contributed by atoms with Gasteiger partial charge in [0.25, 0.3) is 0 Å². The van der Waals surface area contributed by atoms with E-state index in [1.165, 1.54) is 33.4 Å². The molecule has 0 aliphatic heterocycles. The van der Waals surface area contributed by atoms with Crippen LogP contribution in [0.4, 0.5) is 34.1 Å². The van der Waals surface area contributed by atoms with Crippen LogP contribution < -0.4 is 9.80 Å². The number of aryl methyl sites for hydroxylation is 6. The molecule has 0 aliphatic carbocycles. The molecule has 0 fully saturated rings. The zero-order valence-electron chi connectivity index (χ0n) is 34.7. The first-order valence-electron chi connectivity index (χ1n) is 20.7. The highest BCUT2D eigenvalue weighted by molar-refractivity contribution is 6.24. The molecule has 11 rings (SSSR count). The SMILES string of the molecule is Cc1ccc(N(c2ccc(C)c(C)c2)c2ccc3c(ccc4c5ccc6c7ccc8cc(N(c9ccc(C)cc9)c9ccc(C)c(C)c9)ccc8c7oc6c5oc34)c2)cc1. The normalized spacial score (nSPS) is 11.8. The van der Waals surface area contributed by atoms with Crippen LogP contribution in [0.25, 0.3) is 65.4 Å². The van der Waals surface area contributed by atoms with Crippen molar-refractivity contribution in [3.63, 3.8) is 0 Å². The highest BCUT2D eigenvalue weighted by Crippen LogP contribution is 2.45. The maximum absolute atomic E-state index is 6.89. The second-order valence-corrected chi connectivity index (χ2v) is 16.6. The number of nitrogens with zero attached hydrogens (tertiary/aromatic N) is 2. The van der Waals surface area contributed by atoms with E-state index in [2.05, 4.69) is 209 Å². The molecule has 0 bridgehead atoms. The standard InChI is InChI=1S/C56H44N2O2/c1-33-7-15-41(16-8-33)57(43-19-11-35(3)37(5)29-43)45-21-25-47-39(31-45)13-23-49-51-27-28-52-50-24-14-40-32-46(22-26-48(40)54(50)60-56(52)55(51)59-53(47)49)58(42-17-9-34(2)10-18-42)44-20-12-36(4)38(6)30-44/h7-32H,1-6H3. The molecule has 0 saturated heterocycles. The highest BCUT2D eigenvalue weighted by Gasteiger charge is 2.21. The topological polar surface area (TPSA) is 32.8 Å². The summed E-state index contributed by atoms with van der Waals surface area (Å²) in [5, 5.41) is 8.62. The van der Waals surface area contributed by atoms with E-state index in [4.69, 9.17) is 8.83 Å². The molecule has 0 atom stereocenters. The van der Waals surface area contributed by atoms with Crippen LogP contribution in [-0.2, 0) is 0 Å². The summed E-state index contributed by atoms with van der Waals surface area (Å²) >= 11 is 0. The fraction of sp³-hybridized carbons (Fsp3) is 0.107. The molecule has 4 nitrogen and oxygen atoms in total. The number of hydrogen-bond acceptors (Lipinski definition) is 4. The third-order valence-electron chi connectivity index (χ3n) is 12.6. The molecular formula is C56H44N2O2. The van der Waals surface area contributed by atoms with Gasteiger partial charge in [-0.3, -0.25) is 0 Å². The molecule has 9 aromatic carbocycles. The summed E-state index contributed by atoms with van der Waals surface area (Å²) < 4.78 is 13.8. The van der Waals surface area contributed by atoms with Gasteiger partial charge in [-0.2, -0.15) is 0 Å². The van der Waals surface area contributed by atoms with E-state index >= 15 is 0 Å². The Hall–Kier alpha value is -7.30. The second kappa shape index (κ2) is 13.6. The van der Waals surface area contributed by atoms with Crippen molar-refractivity contribution < 1.29 is 8.83 Å². The molecule has 0 unspecified atom stereocenters. The van der Waals surface area contributed by atoms with Gasteiger partial charge in [0.1, 0.15) is 11.2 Å². The van der Waals surface area contributed by atoms with Crippen LogP contribution in [0.1, 0.15) is 33.4 Å². The fourth-order valence-electron chi connectivity index (χ4n) is 8.90. The lowest BCUT2D eigenvalue weighted by molar-refractivity contribution is 0.637. The van der Waals surface area contributed by atoms with Gasteiger partial charge in [-0.05, 0) is 184 Å². The first-order valence-corrected chi connectivity index (χ1v) is 20.7. The van der Waals surface area contributed by atoms with Gasteiger partial charge in [0.15, 0.2) is 11.2 Å². The van der Waals surface area contributed by atoms with Gasteiger partial charge in [0.2, 0.25) is 0 Å². The lowest BCUT2D eigenvalue weighted by Crippen LogP contribution is -2.10. The average molecular weight is 777 g/mol.